The van der Waals surface area contributed by atoms with E-state index in [0.717, 1.165) is 23.2 Å². The number of nitrogen functional groups attached to an aromatic ring is 1. The summed E-state index contributed by atoms with van der Waals surface area (Å²) in [5.74, 6) is 0. The summed E-state index contributed by atoms with van der Waals surface area (Å²) in [5.41, 5.74) is 10.5. The molecule has 0 atom stereocenters. The van der Waals surface area contributed by atoms with Gasteiger partial charge in [-0.3, -0.25) is 0 Å². The molecule has 0 fully saturated rings. The lowest BCUT2D eigenvalue weighted by atomic mass is 10.0. The maximum absolute atomic E-state index is 6.01. The van der Waals surface area contributed by atoms with Crippen molar-refractivity contribution in [1.29, 1.82) is 0 Å². The highest BCUT2D eigenvalue weighted by Gasteiger charge is 2.01. The molecule has 1 aromatic carbocycles. The number of hydrogen-bond donors (Lipinski definition) is 1. The second-order valence-corrected chi connectivity index (χ2v) is 3.65. The average Bonchev–Trinajstić information content (AvgIpc) is 2.24. The lowest BCUT2D eigenvalue weighted by molar-refractivity contribution is 1.13. The Hall–Kier alpha value is -1.50. The van der Waals surface area contributed by atoms with E-state index in [9.17, 15) is 0 Å². The fourth-order valence-corrected chi connectivity index (χ4v) is 1.52. The zero-order valence-electron chi connectivity index (χ0n) is 9.75. The topological polar surface area (TPSA) is 26.0 Å². The number of anilines is 1. The minimum absolute atomic E-state index is 0.882. The summed E-state index contributed by atoms with van der Waals surface area (Å²) in [6.45, 7) is 6.22. The number of hydrogen-bond acceptors (Lipinski definition) is 1. The third-order valence-electron chi connectivity index (χ3n) is 2.47. The monoisotopic (exact) mass is 201 g/mol. The number of nitrogens with two attached hydrogens (primary N) is 1. The van der Waals surface area contributed by atoms with Gasteiger partial charge in [0, 0.05) is 5.69 Å². The molecular formula is C14H19N. The normalized spacial score (nSPS) is 11.7. The number of rotatable bonds is 3. The van der Waals surface area contributed by atoms with Crippen LogP contribution in [0.2, 0.25) is 0 Å². The van der Waals surface area contributed by atoms with Crippen molar-refractivity contribution in [3.05, 3.63) is 47.1 Å². The molecule has 15 heavy (non-hydrogen) atoms. The predicted molar refractivity (Wildman–Crippen MR) is 68.8 cm³/mol. The van der Waals surface area contributed by atoms with Crippen molar-refractivity contribution in [2.24, 2.45) is 0 Å². The summed E-state index contributed by atoms with van der Waals surface area (Å²) in [7, 11) is 0. The summed E-state index contributed by atoms with van der Waals surface area (Å²) >= 11 is 0. The summed E-state index contributed by atoms with van der Waals surface area (Å²) < 4.78 is 0. The molecule has 80 valence electrons. The molecule has 0 aromatic heterocycles. The molecule has 0 spiro atoms. The van der Waals surface area contributed by atoms with Crippen molar-refractivity contribution in [2.75, 3.05) is 5.73 Å². The van der Waals surface area contributed by atoms with Gasteiger partial charge in [-0.15, -0.1) is 0 Å². The van der Waals surface area contributed by atoms with Crippen LogP contribution in [0.1, 0.15) is 30.5 Å². The van der Waals surface area contributed by atoms with E-state index in [2.05, 4.69) is 32.1 Å². The van der Waals surface area contributed by atoms with Crippen LogP contribution >= 0.6 is 0 Å². The Bertz CT molecular complexity index is 387. The van der Waals surface area contributed by atoms with Crippen molar-refractivity contribution in [1.82, 2.24) is 0 Å². The maximum Gasteiger partial charge on any atom is 0.0417 e. The molecule has 0 unspecified atom stereocenters. The van der Waals surface area contributed by atoms with Crippen LogP contribution in [0.15, 0.2) is 30.4 Å². The molecule has 0 heterocycles. The molecule has 0 aliphatic carbocycles. The summed E-state index contributed by atoms with van der Waals surface area (Å²) in [6, 6.07) is 4.31. The van der Waals surface area contributed by atoms with Crippen molar-refractivity contribution in [3.63, 3.8) is 0 Å². The predicted octanol–water partition coefficient (Wildman–Crippen LogP) is 3.73. The van der Waals surface area contributed by atoms with Gasteiger partial charge in [-0.1, -0.05) is 37.3 Å². The first kappa shape index (κ1) is 11.6. The van der Waals surface area contributed by atoms with Crippen LogP contribution in [0.5, 0.6) is 0 Å². The third-order valence-corrected chi connectivity index (χ3v) is 2.47. The Morgan fingerprint density at radius 1 is 1.27 bits per heavy atom. The largest absolute Gasteiger partial charge is 0.398 e. The standard InChI is InChI=1S/C14H19N/c1-4-6-7-8-13-10-12(5-2)9-11(3)14(13)15/h4,6-10H,5,15H2,1-3H3/b6-4-,8-7-. The smallest absolute Gasteiger partial charge is 0.0417 e. The van der Waals surface area contributed by atoms with Gasteiger partial charge in [0.1, 0.15) is 0 Å². The highest BCUT2D eigenvalue weighted by atomic mass is 14.6. The average molecular weight is 201 g/mol. The zero-order valence-corrected chi connectivity index (χ0v) is 9.75. The molecule has 0 bridgehead atoms. The van der Waals surface area contributed by atoms with Gasteiger partial charge >= 0.3 is 0 Å². The van der Waals surface area contributed by atoms with Gasteiger partial charge in [-0.2, -0.15) is 0 Å². The second-order valence-electron chi connectivity index (χ2n) is 3.65. The Morgan fingerprint density at radius 3 is 2.60 bits per heavy atom. The minimum Gasteiger partial charge on any atom is -0.398 e. The van der Waals surface area contributed by atoms with Crippen LogP contribution in [0, 0.1) is 6.92 Å². The van der Waals surface area contributed by atoms with E-state index in [1.807, 2.05) is 25.2 Å². The second kappa shape index (κ2) is 5.40. The van der Waals surface area contributed by atoms with Gasteiger partial charge in [0.15, 0.2) is 0 Å². The first-order valence-electron chi connectivity index (χ1n) is 5.37. The van der Waals surface area contributed by atoms with Crippen LogP contribution in [-0.2, 0) is 6.42 Å². The van der Waals surface area contributed by atoms with Crippen molar-refractivity contribution >= 4 is 11.8 Å². The van der Waals surface area contributed by atoms with E-state index >= 15 is 0 Å². The SMILES string of the molecule is C/C=C\C=C/c1cc(CC)cc(C)c1N. The third kappa shape index (κ3) is 2.98. The number of allylic oxidation sites excluding steroid dienone is 3. The van der Waals surface area contributed by atoms with E-state index in [-0.39, 0.29) is 0 Å². The molecule has 0 aliphatic heterocycles. The molecule has 2 N–H and O–H groups in total. The van der Waals surface area contributed by atoms with E-state index in [4.69, 9.17) is 5.73 Å². The molecule has 0 radical (unpaired) electrons. The van der Waals surface area contributed by atoms with E-state index < -0.39 is 0 Å². The van der Waals surface area contributed by atoms with Crippen LogP contribution < -0.4 is 5.73 Å². The lowest BCUT2D eigenvalue weighted by Gasteiger charge is -2.07. The summed E-state index contributed by atoms with van der Waals surface area (Å²) in [5, 5.41) is 0. The molecule has 0 saturated heterocycles. The van der Waals surface area contributed by atoms with Crippen molar-refractivity contribution in [2.45, 2.75) is 27.2 Å². The maximum atomic E-state index is 6.01. The quantitative estimate of drug-likeness (QED) is 0.585. The van der Waals surface area contributed by atoms with Crippen molar-refractivity contribution < 1.29 is 0 Å². The minimum atomic E-state index is 0.882. The van der Waals surface area contributed by atoms with Crippen LogP contribution in [0.25, 0.3) is 6.08 Å². The molecule has 1 rings (SSSR count). The Labute approximate surface area is 92.3 Å². The Kier molecular flexibility index (Phi) is 4.17. The van der Waals surface area contributed by atoms with Gasteiger partial charge in [0.25, 0.3) is 0 Å². The fourth-order valence-electron chi connectivity index (χ4n) is 1.52. The molecule has 1 heteroatoms. The Balaban J connectivity index is 3.10. The first-order valence-corrected chi connectivity index (χ1v) is 5.37. The van der Waals surface area contributed by atoms with E-state index in [1.54, 1.807) is 0 Å². The first-order chi connectivity index (χ1) is 7.19. The Morgan fingerprint density at radius 2 is 2.00 bits per heavy atom. The lowest BCUT2D eigenvalue weighted by Crippen LogP contribution is -1.95. The van der Waals surface area contributed by atoms with Crippen molar-refractivity contribution in [3.8, 4) is 0 Å². The number of aryl methyl sites for hydroxylation is 2. The van der Waals surface area contributed by atoms with Gasteiger partial charge in [0.2, 0.25) is 0 Å². The van der Waals surface area contributed by atoms with Crippen LogP contribution in [0.3, 0.4) is 0 Å². The van der Waals surface area contributed by atoms with Gasteiger partial charge in [-0.05, 0) is 43.0 Å². The molecule has 1 aromatic rings. The van der Waals surface area contributed by atoms with E-state index in [0.29, 0.717) is 0 Å². The molecule has 0 aliphatic rings. The molecule has 1 nitrogen and oxygen atoms in total. The summed E-state index contributed by atoms with van der Waals surface area (Å²) in [6.07, 6.45) is 9.13. The van der Waals surface area contributed by atoms with Gasteiger partial charge < -0.3 is 5.73 Å². The molecule has 0 saturated carbocycles. The number of benzene rings is 1. The van der Waals surface area contributed by atoms with Gasteiger partial charge in [-0.25, -0.2) is 0 Å². The molecular weight excluding hydrogens is 182 g/mol. The highest BCUT2D eigenvalue weighted by molar-refractivity contribution is 5.69. The van der Waals surface area contributed by atoms with Crippen LogP contribution in [0.4, 0.5) is 5.69 Å². The van der Waals surface area contributed by atoms with Gasteiger partial charge in [0.05, 0.1) is 0 Å². The highest BCUT2D eigenvalue weighted by Crippen LogP contribution is 2.21. The zero-order chi connectivity index (χ0) is 11.3. The van der Waals surface area contributed by atoms with Crippen LogP contribution in [-0.4, -0.2) is 0 Å². The van der Waals surface area contributed by atoms with E-state index in [1.165, 1.54) is 5.56 Å². The summed E-state index contributed by atoms with van der Waals surface area (Å²) in [4.78, 5) is 0. The molecule has 0 amide bonds. The fraction of sp³-hybridized carbons (Fsp3) is 0.286.